The van der Waals surface area contributed by atoms with Crippen molar-refractivity contribution in [3.63, 3.8) is 0 Å². The number of benzene rings is 1. The summed E-state index contributed by atoms with van der Waals surface area (Å²) in [7, 11) is 0. The molecule has 2 rings (SSSR count). The highest BCUT2D eigenvalue weighted by Gasteiger charge is 2.40. The predicted octanol–water partition coefficient (Wildman–Crippen LogP) is 3.16. The monoisotopic (exact) mass is 233 g/mol. The predicted molar refractivity (Wildman–Crippen MR) is 71.5 cm³/mol. The van der Waals surface area contributed by atoms with Gasteiger partial charge in [-0.2, -0.15) is 0 Å². The Morgan fingerprint density at radius 3 is 2.53 bits per heavy atom. The van der Waals surface area contributed by atoms with Crippen molar-refractivity contribution in [3.05, 3.63) is 29.3 Å². The van der Waals surface area contributed by atoms with Gasteiger partial charge in [0.05, 0.1) is 6.10 Å². The van der Waals surface area contributed by atoms with E-state index in [4.69, 9.17) is 10.5 Å². The van der Waals surface area contributed by atoms with Gasteiger partial charge in [-0.1, -0.05) is 18.6 Å². The van der Waals surface area contributed by atoms with Crippen LogP contribution in [-0.2, 0) is 5.41 Å². The molecule has 0 unspecified atom stereocenters. The SMILES string of the molecule is Cc1cccc(OC(C)C)c1C1(CN)CCC1. The molecular weight excluding hydrogens is 210 g/mol. The summed E-state index contributed by atoms with van der Waals surface area (Å²) >= 11 is 0. The summed E-state index contributed by atoms with van der Waals surface area (Å²) in [5.74, 6) is 1.03. The van der Waals surface area contributed by atoms with E-state index < -0.39 is 0 Å². The van der Waals surface area contributed by atoms with E-state index in [9.17, 15) is 0 Å². The molecule has 17 heavy (non-hydrogen) atoms. The van der Waals surface area contributed by atoms with Crippen LogP contribution < -0.4 is 10.5 Å². The fourth-order valence-corrected chi connectivity index (χ4v) is 2.83. The smallest absolute Gasteiger partial charge is 0.123 e. The molecule has 0 saturated heterocycles. The van der Waals surface area contributed by atoms with Gasteiger partial charge >= 0.3 is 0 Å². The lowest BCUT2D eigenvalue weighted by molar-refractivity contribution is 0.209. The topological polar surface area (TPSA) is 35.2 Å². The standard InChI is InChI=1S/C15H23NO/c1-11(2)17-13-7-4-6-12(3)14(13)15(10-16)8-5-9-15/h4,6-7,11H,5,8-10,16H2,1-3H3. The molecule has 1 saturated carbocycles. The van der Waals surface area contributed by atoms with Crippen LogP contribution >= 0.6 is 0 Å². The summed E-state index contributed by atoms with van der Waals surface area (Å²) in [4.78, 5) is 0. The summed E-state index contributed by atoms with van der Waals surface area (Å²) in [5.41, 5.74) is 8.85. The molecule has 0 amide bonds. The van der Waals surface area contributed by atoms with Gasteiger partial charge in [0.1, 0.15) is 5.75 Å². The van der Waals surface area contributed by atoms with E-state index in [1.807, 2.05) is 0 Å². The van der Waals surface area contributed by atoms with Crippen molar-refractivity contribution < 1.29 is 4.74 Å². The second kappa shape index (κ2) is 4.69. The first-order valence-corrected chi connectivity index (χ1v) is 6.56. The van der Waals surface area contributed by atoms with Gasteiger partial charge in [-0.25, -0.2) is 0 Å². The van der Waals surface area contributed by atoms with E-state index in [1.165, 1.54) is 30.4 Å². The van der Waals surface area contributed by atoms with Gasteiger partial charge in [0.2, 0.25) is 0 Å². The molecule has 1 aromatic rings. The molecule has 1 aliphatic carbocycles. The van der Waals surface area contributed by atoms with E-state index in [0.29, 0.717) is 0 Å². The minimum atomic E-state index is 0.176. The molecule has 2 N–H and O–H groups in total. The van der Waals surface area contributed by atoms with Crippen molar-refractivity contribution in [1.29, 1.82) is 0 Å². The highest BCUT2D eigenvalue weighted by Crippen LogP contribution is 2.47. The Hall–Kier alpha value is -1.02. The Balaban J connectivity index is 2.43. The van der Waals surface area contributed by atoms with Crippen LogP contribution in [0.3, 0.4) is 0 Å². The van der Waals surface area contributed by atoms with Crippen molar-refractivity contribution in [3.8, 4) is 5.75 Å². The zero-order valence-electron chi connectivity index (χ0n) is 11.1. The lowest BCUT2D eigenvalue weighted by Gasteiger charge is -2.43. The average Bonchev–Trinajstić information content (AvgIpc) is 2.20. The van der Waals surface area contributed by atoms with E-state index in [1.54, 1.807) is 0 Å². The van der Waals surface area contributed by atoms with Gasteiger partial charge < -0.3 is 10.5 Å². The molecule has 0 bridgehead atoms. The lowest BCUT2D eigenvalue weighted by Crippen LogP contribution is -2.42. The van der Waals surface area contributed by atoms with Crippen LogP contribution in [0.2, 0.25) is 0 Å². The van der Waals surface area contributed by atoms with Gasteiger partial charge in [-0.15, -0.1) is 0 Å². The summed E-state index contributed by atoms with van der Waals surface area (Å²) in [6.45, 7) is 7.04. The van der Waals surface area contributed by atoms with Gasteiger partial charge in [0, 0.05) is 17.5 Å². The molecule has 0 spiro atoms. The van der Waals surface area contributed by atoms with Gasteiger partial charge in [0.15, 0.2) is 0 Å². The average molecular weight is 233 g/mol. The second-order valence-electron chi connectivity index (χ2n) is 5.45. The molecule has 94 valence electrons. The van der Waals surface area contributed by atoms with E-state index in [-0.39, 0.29) is 11.5 Å². The van der Waals surface area contributed by atoms with E-state index >= 15 is 0 Å². The van der Waals surface area contributed by atoms with Crippen LogP contribution in [-0.4, -0.2) is 12.6 Å². The fraction of sp³-hybridized carbons (Fsp3) is 0.600. The Morgan fingerprint density at radius 1 is 1.35 bits per heavy atom. The molecule has 0 aliphatic heterocycles. The Bertz CT molecular complexity index is 388. The summed E-state index contributed by atoms with van der Waals surface area (Å²) in [6.07, 6.45) is 3.89. The molecular formula is C15H23NO. The number of aryl methyl sites for hydroxylation is 1. The van der Waals surface area contributed by atoms with Gasteiger partial charge in [0.25, 0.3) is 0 Å². The zero-order chi connectivity index (χ0) is 12.5. The number of hydrogen-bond acceptors (Lipinski definition) is 2. The Kier molecular flexibility index (Phi) is 3.43. The van der Waals surface area contributed by atoms with Crippen LogP contribution in [0.1, 0.15) is 44.2 Å². The zero-order valence-corrected chi connectivity index (χ0v) is 11.1. The molecule has 2 heteroatoms. The third-order valence-electron chi connectivity index (χ3n) is 3.83. The van der Waals surface area contributed by atoms with Crippen molar-refractivity contribution in [2.45, 2.75) is 51.6 Å². The molecule has 1 aromatic carbocycles. The summed E-state index contributed by atoms with van der Waals surface area (Å²) in [5, 5.41) is 0. The molecule has 1 aliphatic rings. The summed E-state index contributed by atoms with van der Waals surface area (Å²) in [6, 6.07) is 6.32. The highest BCUT2D eigenvalue weighted by molar-refractivity contribution is 5.47. The minimum absolute atomic E-state index is 0.176. The normalized spacial score (nSPS) is 17.9. The van der Waals surface area contributed by atoms with Crippen molar-refractivity contribution in [2.75, 3.05) is 6.54 Å². The number of ether oxygens (including phenoxy) is 1. The van der Waals surface area contributed by atoms with Gasteiger partial charge in [-0.05, 0) is 45.2 Å². The first-order chi connectivity index (χ1) is 8.09. The third-order valence-corrected chi connectivity index (χ3v) is 3.83. The van der Waals surface area contributed by atoms with Crippen LogP contribution in [0.4, 0.5) is 0 Å². The molecule has 0 heterocycles. The van der Waals surface area contributed by atoms with Crippen LogP contribution in [0.25, 0.3) is 0 Å². The molecule has 0 radical (unpaired) electrons. The third kappa shape index (κ3) is 2.19. The molecule has 1 fully saturated rings. The van der Waals surface area contributed by atoms with Gasteiger partial charge in [-0.3, -0.25) is 0 Å². The first kappa shape index (κ1) is 12.4. The Labute approximate surface area is 104 Å². The summed E-state index contributed by atoms with van der Waals surface area (Å²) < 4.78 is 5.95. The lowest BCUT2D eigenvalue weighted by atomic mass is 9.63. The molecule has 2 nitrogen and oxygen atoms in total. The van der Waals surface area contributed by atoms with Crippen LogP contribution in [0.15, 0.2) is 18.2 Å². The van der Waals surface area contributed by atoms with Crippen LogP contribution in [0.5, 0.6) is 5.75 Å². The number of nitrogens with two attached hydrogens (primary N) is 1. The maximum Gasteiger partial charge on any atom is 0.123 e. The highest BCUT2D eigenvalue weighted by atomic mass is 16.5. The van der Waals surface area contributed by atoms with Crippen molar-refractivity contribution in [2.24, 2.45) is 5.73 Å². The Morgan fingerprint density at radius 2 is 2.06 bits per heavy atom. The fourth-order valence-electron chi connectivity index (χ4n) is 2.83. The number of hydrogen-bond donors (Lipinski definition) is 1. The quantitative estimate of drug-likeness (QED) is 0.867. The van der Waals surface area contributed by atoms with Crippen LogP contribution in [0, 0.1) is 6.92 Å². The van der Waals surface area contributed by atoms with E-state index in [0.717, 1.165) is 12.3 Å². The molecule has 0 atom stereocenters. The largest absolute Gasteiger partial charge is 0.491 e. The maximum atomic E-state index is 6.01. The second-order valence-corrected chi connectivity index (χ2v) is 5.45. The van der Waals surface area contributed by atoms with Crippen molar-refractivity contribution in [1.82, 2.24) is 0 Å². The van der Waals surface area contributed by atoms with E-state index in [2.05, 4.69) is 39.0 Å². The molecule has 0 aromatic heterocycles. The number of rotatable bonds is 4. The first-order valence-electron chi connectivity index (χ1n) is 6.56. The maximum absolute atomic E-state index is 6.01. The van der Waals surface area contributed by atoms with Crippen molar-refractivity contribution >= 4 is 0 Å². The minimum Gasteiger partial charge on any atom is -0.491 e.